The van der Waals surface area contributed by atoms with Gasteiger partial charge in [-0.25, -0.2) is 4.98 Å². The summed E-state index contributed by atoms with van der Waals surface area (Å²) >= 11 is 0. The highest BCUT2D eigenvalue weighted by atomic mass is 16.5. The summed E-state index contributed by atoms with van der Waals surface area (Å²) in [5.41, 5.74) is 1.49. The molecule has 2 heterocycles. The number of carbonyl (C=O) groups is 2. The van der Waals surface area contributed by atoms with Crippen molar-refractivity contribution in [2.24, 2.45) is 0 Å². The van der Waals surface area contributed by atoms with Crippen molar-refractivity contribution >= 4 is 34.3 Å². The van der Waals surface area contributed by atoms with E-state index in [0.29, 0.717) is 18.9 Å². The Morgan fingerprint density at radius 2 is 1.96 bits per heavy atom. The number of nitrogens with one attached hydrogen (secondary N) is 1. The van der Waals surface area contributed by atoms with Gasteiger partial charge in [0.25, 0.3) is 0 Å². The van der Waals surface area contributed by atoms with Gasteiger partial charge < -0.3 is 20.1 Å². The van der Waals surface area contributed by atoms with Gasteiger partial charge in [0.1, 0.15) is 5.82 Å². The lowest BCUT2D eigenvalue weighted by Crippen LogP contribution is -2.36. The van der Waals surface area contributed by atoms with E-state index < -0.39 is 5.97 Å². The van der Waals surface area contributed by atoms with Crippen molar-refractivity contribution in [3.63, 3.8) is 0 Å². The average molecular weight is 329 g/mol. The molecule has 24 heavy (non-hydrogen) atoms. The normalized spacial score (nSPS) is 14.6. The Hall–Kier alpha value is -2.67. The summed E-state index contributed by atoms with van der Waals surface area (Å²) < 4.78 is 5.35. The minimum absolute atomic E-state index is 0.0401. The van der Waals surface area contributed by atoms with Gasteiger partial charge in [-0.3, -0.25) is 9.59 Å². The van der Waals surface area contributed by atoms with Crippen LogP contribution in [0, 0.1) is 0 Å². The van der Waals surface area contributed by atoms with E-state index in [-0.39, 0.29) is 18.7 Å². The average Bonchev–Trinajstić information content (AvgIpc) is 2.60. The molecule has 1 amide bonds. The van der Waals surface area contributed by atoms with Crippen molar-refractivity contribution in [2.75, 3.05) is 36.5 Å². The van der Waals surface area contributed by atoms with Crippen LogP contribution in [0.3, 0.4) is 0 Å². The summed E-state index contributed by atoms with van der Waals surface area (Å²) in [4.78, 5) is 29.0. The minimum Gasteiger partial charge on any atom is -0.481 e. The predicted octanol–water partition coefficient (Wildman–Crippen LogP) is 1.87. The molecule has 1 aromatic heterocycles. The molecule has 0 aliphatic carbocycles. The molecule has 7 nitrogen and oxygen atoms in total. The first kappa shape index (κ1) is 16.2. The third kappa shape index (κ3) is 3.99. The molecule has 0 radical (unpaired) electrons. The van der Waals surface area contributed by atoms with Crippen molar-refractivity contribution in [3.8, 4) is 0 Å². The zero-order chi connectivity index (χ0) is 16.9. The second kappa shape index (κ2) is 7.27. The fourth-order valence-corrected chi connectivity index (χ4v) is 2.61. The molecule has 2 aromatic rings. The molecule has 1 fully saturated rings. The van der Waals surface area contributed by atoms with Gasteiger partial charge >= 0.3 is 5.97 Å². The number of aliphatic carboxylic acids is 1. The van der Waals surface area contributed by atoms with Crippen LogP contribution in [-0.4, -0.2) is 48.3 Å². The summed E-state index contributed by atoms with van der Waals surface area (Å²) in [6.07, 6.45) is -0.217. The smallest absolute Gasteiger partial charge is 0.303 e. The SMILES string of the molecule is O=C(O)CCC(=O)Nc1ccc2nc(N3CCOCC3)ccc2c1. The van der Waals surface area contributed by atoms with Crippen molar-refractivity contribution in [2.45, 2.75) is 12.8 Å². The number of anilines is 2. The largest absolute Gasteiger partial charge is 0.481 e. The highest BCUT2D eigenvalue weighted by Gasteiger charge is 2.13. The molecule has 1 aliphatic rings. The van der Waals surface area contributed by atoms with E-state index in [9.17, 15) is 9.59 Å². The van der Waals surface area contributed by atoms with Crippen LogP contribution in [0.1, 0.15) is 12.8 Å². The van der Waals surface area contributed by atoms with Crippen LogP contribution in [0.25, 0.3) is 10.9 Å². The highest BCUT2D eigenvalue weighted by Crippen LogP contribution is 2.22. The van der Waals surface area contributed by atoms with Crippen LogP contribution < -0.4 is 10.2 Å². The van der Waals surface area contributed by atoms with Crippen molar-refractivity contribution < 1.29 is 19.4 Å². The molecule has 1 aromatic carbocycles. The zero-order valence-corrected chi connectivity index (χ0v) is 13.2. The van der Waals surface area contributed by atoms with E-state index in [4.69, 9.17) is 9.84 Å². The van der Waals surface area contributed by atoms with Crippen LogP contribution in [-0.2, 0) is 14.3 Å². The molecule has 0 spiro atoms. The predicted molar refractivity (Wildman–Crippen MR) is 90.3 cm³/mol. The van der Waals surface area contributed by atoms with Gasteiger partial charge in [0.15, 0.2) is 0 Å². The van der Waals surface area contributed by atoms with Gasteiger partial charge in [-0.05, 0) is 30.3 Å². The fraction of sp³-hybridized carbons (Fsp3) is 0.353. The van der Waals surface area contributed by atoms with Crippen molar-refractivity contribution in [1.82, 2.24) is 4.98 Å². The van der Waals surface area contributed by atoms with Crippen LogP contribution >= 0.6 is 0 Å². The summed E-state index contributed by atoms with van der Waals surface area (Å²) in [6, 6.07) is 9.40. The second-order valence-electron chi connectivity index (χ2n) is 5.62. The van der Waals surface area contributed by atoms with Gasteiger partial charge in [0.05, 0.1) is 25.2 Å². The number of carbonyl (C=O) groups excluding carboxylic acids is 1. The first-order valence-electron chi connectivity index (χ1n) is 7.87. The first-order chi connectivity index (χ1) is 11.6. The Kier molecular flexibility index (Phi) is 4.90. The maximum Gasteiger partial charge on any atom is 0.303 e. The molecule has 2 N–H and O–H groups in total. The Morgan fingerprint density at radius 3 is 2.71 bits per heavy atom. The zero-order valence-electron chi connectivity index (χ0n) is 13.2. The number of carboxylic acids is 1. The first-order valence-corrected chi connectivity index (χ1v) is 7.87. The summed E-state index contributed by atoms with van der Waals surface area (Å²) in [7, 11) is 0. The van der Waals surface area contributed by atoms with Crippen molar-refractivity contribution in [3.05, 3.63) is 30.3 Å². The number of rotatable bonds is 5. The fourth-order valence-electron chi connectivity index (χ4n) is 2.61. The Balaban J connectivity index is 1.72. The molecular weight excluding hydrogens is 310 g/mol. The molecule has 1 saturated heterocycles. The lowest BCUT2D eigenvalue weighted by molar-refractivity contribution is -0.138. The molecule has 1 aliphatic heterocycles. The highest BCUT2D eigenvalue weighted by molar-refractivity contribution is 5.95. The lowest BCUT2D eigenvalue weighted by atomic mass is 10.2. The number of hydrogen-bond acceptors (Lipinski definition) is 5. The number of nitrogens with zero attached hydrogens (tertiary/aromatic N) is 2. The molecule has 7 heteroatoms. The third-order valence-electron chi connectivity index (χ3n) is 3.86. The number of amides is 1. The van der Waals surface area contributed by atoms with Crippen molar-refractivity contribution in [1.29, 1.82) is 0 Å². The van der Waals surface area contributed by atoms with Crippen LogP contribution in [0.2, 0.25) is 0 Å². The molecule has 0 saturated carbocycles. The second-order valence-corrected chi connectivity index (χ2v) is 5.62. The van der Waals surface area contributed by atoms with E-state index in [2.05, 4.69) is 15.2 Å². The van der Waals surface area contributed by atoms with Gasteiger partial charge in [0.2, 0.25) is 5.91 Å². The molecular formula is C17H19N3O4. The summed E-state index contributed by atoms with van der Waals surface area (Å²) in [5.74, 6) is -0.373. The monoisotopic (exact) mass is 329 g/mol. The van der Waals surface area contributed by atoms with E-state index in [1.165, 1.54) is 0 Å². The molecule has 0 bridgehead atoms. The van der Waals surface area contributed by atoms with E-state index in [1.54, 1.807) is 6.07 Å². The van der Waals surface area contributed by atoms with Crippen LogP contribution in [0.5, 0.6) is 0 Å². The maximum absolute atomic E-state index is 11.7. The molecule has 0 atom stereocenters. The van der Waals surface area contributed by atoms with Crippen LogP contribution in [0.15, 0.2) is 30.3 Å². The third-order valence-corrected chi connectivity index (χ3v) is 3.86. The van der Waals surface area contributed by atoms with Crippen LogP contribution in [0.4, 0.5) is 11.5 Å². The number of aromatic nitrogens is 1. The van der Waals surface area contributed by atoms with Gasteiger partial charge in [-0.15, -0.1) is 0 Å². The summed E-state index contributed by atoms with van der Waals surface area (Å²) in [5, 5.41) is 12.2. The molecule has 3 rings (SSSR count). The standard InChI is InChI=1S/C17H19N3O4/c21-16(5-6-17(22)23)18-13-2-3-14-12(11-13)1-4-15(19-14)20-7-9-24-10-8-20/h1-4,11H,5-10H2,(H,18,21)(H,22,23). The van der Waals surface area contributed by atoms with Gasteiger partial charge in [-0.2, -0.15) is 0 Å². The Bertz CT molecular complexity index is 757. The molecule has 0 unspecified atom stereocenters. The quantitative estimate of drug-likeness (QED) is 0.870. The van der Waals surface area contributed by atoms with E-state index in [0.717, 1.165) is 29.8 Å². The number of morpholine rings is 1. The van der Waals surface area contributed by atoms with Gasteiger partial charge in [0, 0.05) is 30.6 Å². The summed E-state index contributed by atoms with van der Waals surface area (Å²) in [6.45, 7) is 3.08. The number of hydrogen-bond donors (Lipinski definition) is 2. The number of pyridine rings is 1. The number of fused-ring (bicyclic) bond motifs is 1. The van der Waals surface area contributed by atoms with Gasteiger partial charge in [-0.1, -0.05) is 0 Å². The van der Waals surface area contributed by atoms with E-state index >= 15 is 0 Å². The minimum atomic E-state index is -0.983. The number of ether oxygens (including phenoxy) is 1. The number of benzene rings is 1. The van der Waals surface area contributed by atoms with E-state index in [1.807, 2.05) is 24.3 Å². The Labute approximate surface area is 139 Å². The number of carboxylic acid groups (broad SMARTS) is 1. The topological polar surface area (TPSA) is 91.8 Å². The maximum atomic E-state index is 11.7. The Morgan fingerprint density at radius 1 is 1.17 bits per heavy atom. The lowest BCUT2D eigenvalue weighted by Gasteiger charge is -2.27. The molecule has 126 valence electrons.